The van der Waals surface area contributed by atoms with E-state index in [1.165, 1.54) is 13.2 Å². The minimum absolute atomic E-state index is 0.360. The lowest BCUT2D eigenvalue weighted by Gasteiger charge is -2.51. The summed E-state index contributed by atoms with van der Waals surface area (Å²) >= 11 is 0. The molecule has 1 aromatic heterocycles. The fourth-order valence-electron chi connectivity index (χ4n) is 4.37. The number of rotatable bonds is 5. The van der Waals surface area contributed by atoms with Gasteiger partial charge in [0.1, 0.15) is 40.5 Å². The van der Waals surface area contributed by atoms with E-state index < -0.39 is 34.6 Å². The van der Waals surface area contributed by atoms with Crippen molar-refractivity contribution in [1.82, 2.24) is 0 Å². The maximum absolute atomic E-state index is 11.6. The van der Waals surface area contributed by atoms with E-state index in [9.17, 15) is 15.0 Å². The van der Waals surface area contributed by atoms with Crippen LogP contribution in [0.5, 0.6) is 5.75 Å². The summed E-state index contributed by atoms with van der Waals surface area (Å²) in [7, 11) is 1.50. The first-order valence-electron chi connectivity index (χ1n) is 9.93. The van der Waals surface area contributed by atoms with E-state index in [0.717, 1.165) is 5.56 Å². The van der Waals surface area contributed by atoms with Crippen LogP contribution < -0.4 is 10.4 Å². The second-order valence-corrected chi connectivity index (χ2v) is 8.44. The predicted octanol–water partition coefficient (Wildman–Crippen LogP) is 2.53. The van der Waals surface area contributed by atoms with Gasteiger partial charge in [-0.2, -0.15) is 0 Å². The molecule has 30 heavy (non-hydrogen) atoms. The van der Waals surface area contributed by atoms with Gasteiger partial charge in [-0.05, 0) is 40.7 Å². The van der Waals surface area contributed by atoms with E-state index in [1.807, 2.05) is 6.92 Å². The minimum atomic E-state index is -1.11. The molecule has 0 saturated carbocycles. The van der Waals surface area contributed by atoms with Crippen molar-refractivity contribution in [1.29, 1.82) is 0 Å². The molecule has 0 aliphatic carbocycles. The third-order valence-corrected chi connectivity index (χ3v) is 6.28. The Kier molecular flexibility index (Phi) is 5.86. The molecule has 3 rings (SSSR count). The van der Waals surface area contributed by atoms with Crippen LogP contribution in [0.3, 0.4) is 0 Å². The fraction of sp³-hybridized carbons (Fsp3) is 0.522. The summed E-state index contributed by atoms with van der Waals surface area (Å²) < 4.78 is 22.4. The van der Waals surface area contributed by atoms with Crippen LogP contribution in [-0.2, 0) is 9.47 Å². The Hall–Kier alpha value is -2.19. The van der Waals surface area contributed by atoms with Crippen LogP contribution >= 0.6 is 0 Å². The Morgan fingerprint density at radius 2 is 1.73 bits per heavy atom. The standard InChI is InChI=1S/C23H30O7/c1-14-16(28-18(24)13-17(14)27-6)11-9-7-8-10-12-21(3)19(25)23(5)20(26)22(4,30-21)15(2)29-23/h7-13,15,19-20,25-26H,1-6H3/t15-,19-,20+,21-,22+,23+/m1/s1. The van der Waals surface area contributed by atoms with Crippen molar-refractivity contribution >= 4 is 6.08 Å². The van der Waals surface area contributed by atoms with Crippen LogP contribution in [0.4, 0.5) is 0 Å². The van der Waals surface area contributed by atoms with E-state index in [-0.39, 0.29) is 6.10 Å². The summed E-state index contributed by atoms with van der Waals surface area (Å²) in [6, 6.07) is 1.30. The van der Waals surface area contributed by atoms with Crippen LogP contribution in [-0.4, -0.2) is 52.4 Å². The molecule has 2 bridgehead atoms. The van der Waals surface area contributed by atoms with Crippen molar-refractivity contribution < 1.29 is 28.8 Å². The quantitative estimate of drug-likeness (QED) is 0.709. The van der Waals surface area contributed by atoms with Crippen molar-refractivity contribution in [2.45, 2.75) is 69.7 Å². The highest BCUT2D eigenvalue weighted by molar-refractivity contribution is 5.52. The molecule has 0 spiro atoms. The fourth-order valence-corrected chi connectivity index (χ4v) is 4.37. The largest absolute Gasteiger partial charge is 0.496 e. The third kappa shape index (κ3) is 3.56. The molecule has 0 radical (unpaired) electrons. The van der Waals surface area contributed by atoms with Gasteiger partial charge < -0.3 is 28.8 Å². The number of ether oxygens (including phenoxy) is 3. The molecule has 0 unspecified atom stereocenters. The number of hydrogen-bond acceptors (Lipinski definition) is 7. The SMILES string of the molecule is COc1cc(=O)oc(C=CC=CC=C[C@@]2(C)O[C@]3(C)[C@H](O)[C@@](C)(O[C@@H]3C)[C@@H]2O)c1C. The molecule has 0 aromatic carbocycles. The predicted molar refractivity (Wildman–Crippen MR) is 112 cm³/mol. The molecule has 7 heteroatoms. The number of fused-ring (bicyclic) bond motifs is 2. The topological polar surface area (TPSA) is 98.4 Å². The average molecular weight is 418 g/mol. The maximum Gasteiger partial charge on any atom is 0.339 e. The maximum atomic E-state index is 11.6. The Balaban J connectivity index is 1.74. The molecule has 2 N–H and O–H groups in total. The highest BCUT2D eigenvalue weighted by Crippen LogP contribution is 2.52. The summed E-state index contributed by atoms with van der Waals surface area (Å²) in [6.45, 7) is 8.92. The molecule has 1 aromatic rings. The smallest absolute Gasteiger partial charge is 0.339 e. The Bertz CT molecular complexity index is 945. The zero-order valence-corrected chi connectivity index (χ0v) is 18.2. The second kappa shape index (κ2) is 7.81. The highest BCUT2D eigenvalue weighted by atomic mass is 16.6. The van der Waals surface area contributed by atoms with Gasteiger partial charge in [0.2, 0.25) is 0 Å². The molecular weight excluding hydrogens is 388 g/mol. The molecule has 2 fully saturated rings. The molecule has 3 heterocycles. The summed E-state index contributed by atoms with van der Waals surface area (Å²) in [6.07, 6.45) is 8.11. The number of methoxy groups -OCH3 is 1. The molecule has 6 atom stereocenters. The second-order valence-electron chi connectivity index (χ2n) is 8.44. The van der Waals surface area contributed by atoms with Crippen LogP contribution in [0.15, 0.2) is 45.7 Å². The minimum Gasteiger partial charge on any atom is -0.496 e. The van der Waals surface area contributed by atoms with Crippen molar-refractivity contribution in [3.05, 3.63) is 58.2 Å². The molecule has 2 aliphatic rings. The Labute approximate surface area is 176 Å². The van der Waals surface area contributed by atoms with Crippen LogP contribution in [0.25, 0.3) is 6.08 Å². The van der Waals surface area contributed by atoms with Gasteiger partial charge in [-0.25, -0.2) is 4.79 Å². The summed E-state index contributed by atoms with van der Waals surface area (Å²) in [5, 5.41) is 21.5. The van der Waals surface area contributed by atoms with E-state index in [4.69, 9.17) is 18.6 Å². The van der Waals surface area contributed by atoms with Crippen molar-refractivity contribution in [3.8, 4) is 5.75 Å². The molecule has 7 nitrogen and oxygen atoms in total. The normalized spacial score (nSPS) is 38.9. The van der Waals surface area contributed by atoms with E-state index >= 15 is 0 Å². The molecule has 164 valence electrons. The van der Waals surface area contributed by atoms with Gasteiger partial charge in [0.05, 0.1) is 19.3 Å². The molecule has 2 saturated heterocycles. The lowest BCUT2D eigenvalue weighted by atomic mass is 9.73. The molecular formula is C23H30O7. The first-order chi connectivity index (χ1) is 14.0. The van der Waals surface area contributed by atoms with Gasteiger partial charge >= 0.3 is 5.63 Å². The monoisotopic (exact) mass is 418 g/mol. The van der Waals surface area contributed by atoms with Gasteiger partial charge in [-0.15, -0.1) is 0 Å². The van der Waals surface area contributed by atoms with E-state index in [2.05, 4.69) is 0 Å². The summed E-state index contributed by atoms with van der Waals surface area (Å²) in [5.74, 6) is 0.893. The number of aliphatic hydroxyl groups is 2. The first kappa shape index (κ1) is 22.5. The van der Waals surface area contributed by atoms with Crippen molar-refractivity contribution in [2.24, 2.45) is 0 Å². The Morgan fingerprint density at radius 3 is 2.40 bits per heavy atom. The lowest BCUT2D eigenvalue weighted by molar-refractivity contribution is -0.261. The van der Waals surface area contributed by atoms with E-state index in [0.29, 0.717) is 11.5 Å². The first-order valence-corrected chi connectivity index (χ1v) is 9.93. The molecule has 0 amide bonds. The van der Waals surface area contributed by atoms with Gasteiger partial charge in [0, 0.05) is 5.56 Å². The summed E-state index contributed by atoms with van der Waals surface area (Å²) in [4.78, 5) is 11.6. The van der Waals surface area contributed by atoms with E-state index in [1.54, 1.807) is 64.2 Å². The van der Waals surface area contributed by atoms with Gasteiger partial charge in [-0.1, -0.05) is 30.4 Å². The van der Waals surface area contributed by atoms with Crippen molar-refractivity contribution in [2.75, 3.05) is 7.11 Å². The Morgan fingerprint density at radius 1 is 1.07 bits per heavy atom. The summed E-state index contributed by atoms with van der Waals surface area (Å²) in [5.41, 5.74) is -2.81. The molecule has 2 aliphatic heterocycles. The number of aliphatic hydroxyl groups excluding tert-OH is 2. The third-order valence-electron chi connectivity index (χ3n) is 6.28. The lowest BCUT2D eigenvalue weighted by Crippen LogP contribution is -2.69. The van der Waals surface area contributed by atoms with Crippen LogP contribution in [0.1, 0.15) is 39.0 Å². The zero-order chi connectivity index (χ0) is 22.3. The average Bonchev–Trinajstić information content (AvgIpc) is 2.82. The van der Waals surface area contributed by atoms with Gasteiger partial charge in [-0.3, -0.25) is 0 Å². The van der Waals surface area contributed by atoms with Crippen LogP contribution in [0.2, 0.25) is 0 Å². The van der Waals surface area contributed by atoms with Crippen molar-refractivity contribution in [3.63, 3.8) is 0 Å². The number of allylic oxidation sites excluding steroid dienone is 4. The van der Waals surface area contributed by atoms with Gasteiger partial charge in [0.25, 0.3) is 0 Å². The zero-order valence-electron chi connectivity index (χ0n) is 18.2. The number of hydrogen-bond donors (Lipinski definition) is 2. The van der Waals surface area contributed by atoms with Crippen LogP contribution in [0, 0.1) is 6.92 Å². The highest BCUT2D eigenvalue weighted by Gasteiger charge is 2.70. The van der Waals surface area contributed by atoms with Gasteiger partial charge in [0.15, 0.2) is 0 Å².